The van der Waals surface area contributed by atoms with Gasteiger partial charge in [0.1, 0.15) is 5.75 Å². The topological polar surface area (TPSA) is 43.2 Å². The summed E-state index contributed by atoms with van der Waals surface area (Å²) in [5.41, 5.74) is 3.36. The Morgan fingerprint density at radius 2 is 1.74 bits per heavy atom. The number of aryl methyl sites for hydroxylation is 1. The van der Waals surface area contributed by atoms with E-state index in [1.54, 1.807) is 7.11 Å². The highest BCUT2D eigenvalue weighted by atomic mass is 35.5. The van der Waals surface area contributed by atoms with Crippen molar-refractivity contribution in [2.24, 2.45) is 7.05 Å². The molecule has 0 radical (unpaired) electrons. The second-order valence-corrected chi connectivity index (χ2v) is 6.48. The van der Waals surface area contributed by atoms with Crippen LogP contribution in [-0.4, -0.2) is 39.9 Å². The first-order valence-corrected chi connectivity index (χ1v) is 8.75. The highest BCUT2D eigenvalue weighted by Gasteiger charge is 2.13. The molecular weight excluding hydrogens is 360 g/mol. The van der Waals surface area contributed by atoms with Crippen molar-refractivity contribution in [3.05, 3.63) is 66.2 Å². The van der Waals surface area contributed by atoms with E-state index in [1.807, 2.05) is 36.0 Å². The summed E-state index contributed by atoms with van der Waals surface area (Å²) in [6.07, 6.45) is 4.43. The summed E-state index contributed by atoms with van der Waals surface area (Å²) in [6.45, 7) is 3.00. The number of nitrogens with zero attached hydrogens (tertiary/aromatic N) is 4. The Balaban J connectivity index is 0.00000210. The summed E-state index contributed by atoms with van der Waals surface area (Å²) in [4.78, 5) is 7.17. The fraction of sp³-hybridized carbons (Fsp3) is 0.238. The quantitative estimate of drug-likeness (QED) is 0.626. The van der Waals surface area contributed by atoms with Crippen molar-refractivity contribution in [3.8, 4) is 28.5 Å². The molecule has 0 atom stereocenters. The lowest BCUT2D eigenvalue weighted by Gasteiger charge is -2.15. The molecule has 27 heavy (non-hydrogen) atoms. The SMILES string of the molecule is COc1ccc(-c2nc(-c3cccc(CN4CC=CC4)c3)n(C)n2)cc1.Cl. The highest BCUT2D eigenvalue weighted by Crippen LogP contribution is 2.24. The van der Waals surface area contributed by atoms with Gasteiger partial charge in [-0.2, -0.15) is 5.10 Å². The average molecular weight is 383 g/mol. The summed E-state index contributed by atoms with van der Waals surface area (Å²) in [6, 6.07) is 16.4. The lowest BCUT2D eigenvalue weighted by atomic mass is 10.1. The number of methoxy groups -OCH3 is 1. The summed E-state index contributed by atoms with van der Waals surface area (Å²) >= 11 is 0. The number of ether oxygens (including phenoxy) is 1. The van der Waals surface area contributed by atoms with E-state index in [0.717, 1.165) is 48.2 Å². The smallest absolute Gasteiger partial charge is 0.181 e. The molecule has 0 saturated heterocycles. The number of rotatable bonds is 5. The molecule has 1 aliphatic rings. The Bertz CT molecular complexity index is 926. The van der Waals surface area contributed by atoms with Gasteiger partial charge in [-0.1, -0.05) is 30.4 Å². The molecule has 1 aliphatic heterocycles. The van der Waals surface area contributed by atoms with E-state index in [-0.39, 0.29) is 12.4 Å². The van der Waals surface area contributed by atoms with Crippen molar-refractivity contribution in [3.63, 3.8) is 0 Å². The van der Waals surface area contributed by atoms with Crippen molar-refractivity contribution >= 4 is 12.4 Å². The third-order valence-corrected chi connectivity index (χ3v) is 4.60. The number of benzene rings is 2. The third-order valence-electron chi connectivity index (χ3n) is 4.60. The summed E-state index contributed by atoms with van der Waals surface area (Å²) in [5, 5.41) is 4.59. The monoisotopic (exact) mass is 382 g/mol. The van der Waals surface area contributed by atoms with E-state index in [9.17, 15) is 0 Å². The largest absolute Gasteiger partial charge is 0.497 e. The predicted molar refractivity (Wildman–Crippen MR) is 110 cm³/mol. The number of hydrogen-bond donors (Lipinski definition) is 0. The Labute approximate surface area is 165 Å². The van der Waals surface area contributed by atoms with Gasteiger partial charge in [0.05, 0.1) is 7.11 Å². The molecule has 0 aliphatic carbocycles. The van der Waals surface area contributed by atoms with Gasteiger partial charge >= 0.3 is 0 Å². The lowest BCUT2D eigenvalue weighted by molar-refractivity contribution is 0.345. The van der Waals surface area contributed by atoms with Crippen molar-refractivity contribution in [2.75, 3.05) is 20.2 Å². The zero-order valence-corrected chi connectivity index (χ0v) is 16.3. The molecule has 0 saturated carbocycles. The zero-order valence-electron chi connectivity index (χ0n) is 15.5. The Hall–Kier alpha value is -2.63. The van der Waals surface area contributed by atoms with E-state index in [1.165, 1.54) is 5.56 Å². The van der Waals surface area contributed by atoms with E-state index in [2.05, 4.69) is 46.4 Å². The minimum absolute atomic E-state index is 0. The molecule has 0 fully saturated rings. The van der Waals surface area contributed by atoms with Gasteiger partial charge < -0.3 is 4.74 Å². The minimum atomic E-state index is 0. The maximum atomic E-state index is 5.22. The number of halogens is 1. The molecule has 0 spiro atoms. The van der Waals surface area contributed by atoms with Crippen molar-refractivity contribution in [2.45, 2.75) is 6.54 Å². The van der Waals surface area contributed by atoms with Crippen LogP contribution in [0, 0.1) is 0 Å². The van der Waals surface area contributed by atoms with Crippen molar-refractivity contribution < 1.29 is 4.74 Å². The Kier molecular flexibility index (Phi) is 5.94. The van der Waals surface area contributed by atoms with Crippen molar-refractivity contribution in [1.82, 2.24) is 19.7 Å². The van der Waals surface area contributed by atoms with E-state index in [4.69, 9.17) is 9.72 Å². The van der Waals surface area contributed by atoms with Gasteiger partial charge in [0.2, 0.25) is 0 Å². The third kappa shape index (κ3) is 4.21. The molecule has 1 aromatic heterocycles. The van der Waals surface area contributed by atoms with Gasteiger partial charge in [0.25, 0.3) is 0 Å². The van der Waals surface area contributed by atoms with Crippen molar-refractivity contribution in [1.29, 1.82) is 0 Å². The van der Waals surface area contributed by atoms with Crippen LogP contribution in [0.1, 0.15) is 5.56 Å². The van der Waals surface area contributed by atoms with Crippen LogP contribution in [0.3, 0.4) is 0 Å². The van der Waals surface area contributed by atoms with Crippen LogP contribution in [-0.2, 0) is 13.6 Å². The molecule has 0 amide bonds. The van der Waals surface area contributed by atoms with E-state index in [0.29, 0.717) is 0 Å². The molecule has 6 heteroatoms. The summed E-state index contributed by atoms with van der Waals surface area (Å²) in [7, 11) is 3.60. The number of aromatic nitrogens is 3. The van der Waals surface area contributed by atoms with E-state index < -0.39 is 0 Å². The van der Waals surface area contributed by atoms with Crippen LogP contribution < -0.4 is 4.74 Å². The molecule has 5 nitrogen and oxygen atoms in total. The first-order valence-electron chi connectivity index (χ1n) is 8.75. The predicted octanol–water partition coefficient (Wildman–Crippen LogP) is 3.95. The fourth-order valence-corrected chi connectivity index (χ4v) is 3.22. The van der Waals surface area contributed by atoms with Gasteiger partial charge in [0.15, 0.2) is 11.6 Å². The van der Waals surface area contributed by atoms with Gasteiger partial charge in [-0.15, -0.1) is 12.4 Å². The molecule has 2 heterocycles. The maximum Gasteiger partial charge on any atom is 0.181 e. The lowest BCUT2D eigenvalue weighted by Crippen LogP contribution is -2.19. The second kappa shape index (κ2) is 8.37. The standard InChI is InChI=1S/C21H22N4O.ClH/c1-24-21(22-20(23-24)17-8-10-19(26-2)11-9-17)18-7-5-6-16(14-18)15-25-12-3-4-13-25;/h3-11,14H,12-13,15H2,1-2H3;1H. The minimum Gasteiger partial charge on any atom is -0.497 e. The first-order chi connectivity index (χ1) is 12.7. The first kappa shape index (κ1) is 19.1. The average Bonchev–Trinajstić information content (AvgIpc) is 3.32. The molecule has 0 N–H and O–H groups in total. The Morgan fingerprint density at radius 1 is 1.00 bits per heavy atom. The highest BCUT2D eigenvalue weighted by molar-refractivity contribution is 5.85. The summed E-state index contributed by atoms with van der Waals surface area (Å²) < 4.78 is 7.06. The second-order valence-electron chi connectivity index (χ2n) is 6.48. The molecular formula is C21H23ClN4O. The molecule has 0 bridgehead atoms. The maximum absolute atomic E-state index is 5.22. The Morgan fingerprint density at radius 3 is 2.44 bits per heavy atom. The molecule has 0 unspecified atom stereocenters. The zero-order chi connectivity index (χ0) is 17.9. The van der Waals surface area contributed by atoms with E-state index >= 15 is 0 Å². The molecule has 4 rings (SSSR count). The van der Waals surface area contributed by atoms with Crippen LogP contribution >= 0.6 is 12.4 Å². The summed E-state index contributed by atoms with van der Waals surface area (Å²) in [5.74, 6) is 2.42. The molecule has 2 aromatic carbocycles. The van der Waals surface area contributed by atoms with Crippen LogP contribution in [0.2, 0.25) is 0 Å². The van der Waals surface area contributed by atoms with Gasteiger partial charge in [-0.3, -0.25) is 4.90 Å². The number of hydrogen-bond acceptors (Lipinski definition) is 4. The van der Waals surface area contributed by atoms with Crippen LogP contribution in [0.4, 0.5) is 0 Å². The molecule has 140 valence electrons. The molecule has 3 aromatic rings. The van der Waals surface area contributed by atoms with Crippen LogP contribution in [0.15, 0.2) is 60.7 Å². The van der Waals surface area contributed by atoms with Crippen LogP contribution in [0.5, 0.6) is 5.75 Å². The fourth-order valence-electron chi connectivity index (χ4n) is 3.22. The van der Waals surface area contributed by atoms with Gasteiger partial charge in [-0.05, 0) is 35.9 Å². The van der Waals surface area contributed by atoms with Crippen LogP contribution in [0.25, 0.3) is 22.8 Å². The van der Waals surface area contributed by atoms with Gasteiger partial charge in [-0.25, -0.2) is 9.67 Å². The van der Waals surface area contributed by atoms with Gasteiger partial charge in [0, 0.05) is 37.8 Å². The normalized spacial score (nSPS) is 13.6.